The minimum Gasteiger partial charge on any atom is -0.322 e. The summed E-state index contributed by atoms with van der Waals surface area (Å²) in [5, 5.41) is 2.67. The maximum absolute atomic E-state index is 12.5. The Labute approximate surface area is 176 Å². The molecule has 1 aliphatic rings. The molecule has 3 rings (SSSR count). The van der Waals surface area contributed by atoms with Crippen molar-refractivity contribution in [3.05, 3.63) is 66.7 Å². The number of hydrogen-bond acceptors (Lipinski definition) is 5. The van der Waals surface area contributed by atoms with Crippen molar-refractivity contribution >= 4 is 31.6 Å². The highest BCUT2D eigenvalue weighted by atomic mass is 32.2. The van der Waals surface area contributed by atoms with Gasteiger partial charge in [-0.2, -0.15) is 4.31 Å². The Morgan fingerprint density at radius 3 is 2.07 bits per heavy atom. The molecule has 0 aromatic heterocycles. The predicted octanol–water partition coefficient (Wildman–Crippen LogP) is 2.19. The van der Waals surface area contributed by atoms with E-state index in [0.29, 0.717) is 18.8 Å². The first-order valence-electron chi connectivity index (χ1n) is 9.36. The molecule has 8 nitrogen and oxygen atoms in total. The van der Waals surface area contributed by atoms with Crippen molar-refractivity contribution in [2.75, 3.05) is 25.0 Å². The molecular formula is C20H23N3O5S2. The van der Waals surface area contributed by atoms with Crippen LogP contribution in [0.2, 0.25) is 0 Å². The lowest BCUT2D eigenvalue weighted by atomic mass is 10.2. The van der Waals surface area contributed by atoms with Crippen LogP contribution in [0, 0.1) is 0 Å². The first-order valence-corrected chi connectivity index (χ1v) is 12.3. The molecule has 0 bridgehead atoms. The Morgan fingerprint density at radius 2 is 1.50 bits per heavy atom. The smallest absolute Gasteiger partial charge is 0.255 e. The monoisotopic (exact) mass is 449 g/mol. The second-order valence-electron chi connectivity index (χ2n) is 6.75. The molecule has 1 heterocycles. The quantitative estimate of drug-likeness (QED) is 0.600. The maximum Gasteiger partial charge on any atom is 0.255 e. The van der Waals surface area contributed by atoms with Gasteiger partial charge < -0.3 is 5.32 Å². The van der Waals surface area contributed by atoms with Crippen molar-refractivity contribution in [2.45, 2.75) is 22.6 Å². The molecule has 0 radical (unpaired) electrons. The third-order valence-corrected chi connectivity index (χ3v) is 8.01. The molecule has 0 saturated carbocycles. The number of anilines is 1. The highest BCUT2D eigenvalue weighted by Gasteiger charge is 2.27. The summed E-state index contributed by atoms with van der Waals surface area (Å²) < 4.78 is 53.0. The Bertz CT molecular complexity index is 1120. The third kappa shape index (κ3) is 4.96. The van der Waals surface area contributed by atoms with Crippen molar-refractivity contribution < 1.29 is 21.6 Å². The lowest BCUT2D eigenvalue weighted by Crippen LogP contribution is -2.27. The van der Waals surface area contributed by atoms with Crippen LogP contribution in [0.1, 0.15) is 23.2 Å². The van der Waals surface area contributed by atoms with E-state index in [0.717, 1.165) is 12.8 Å². The van der Waals surface area contributed by atoms with Gasteiger partial charge in [-0.05, 0) is 61.4 Å². The largest absolute Gasteiger partial charge is 0.322 e. The Kier molecular flexibility index (Phi) is 6.71. The summed E-state index contributed by atoms with van der Waals surface area (Å²) in [4.78, 5) is 12.6. The molecule has 1 aliphatic heterocycles. The van der Waals surface area contributed by atoms with Gasteiger partial charge in [0.15, 0.2) is 0 Å². The Morgan fingerprint density at radius 1 is 0.933 bits per heavy atom. The fourth-order valence-electron chi connectivity index (χ4n) is 3.03. The van der Waals surface area contributed by atoms with Crippen molar-refractivity contribution in [3.63, 3.8) is 0 Å². The molecule has 0 aliphatic carbocycles. The second kappa shape index (κ2) is 9.09. The summed E-state index contributed by atoms with van der Waals surface area (Å²) in [7, 11) is -7.17. The van der Waals surface area contributed by atoms with Crippen molar-refractivity contribution in [3.8, 4) is 0 Å². The number of nitrogens with one attached hydrogen (secondary N) is 2. The number of sulfonamides is 2. The zero-order chi connectivity index (χ0) is 21.8. The number of carbonyl (C=O) groups excluding carboxylic acids is 1. The van der Waals surface area contributed by atoms with E-state index in [9.17, 15) is 21.6 Å². The molecule has 0 atom stereocenters. The molecule has 2 aromatic rings. The lowest BCUT2D eigenvalue weighted by Gasteiger charge is -2.15. The number of nitrogens with zero attached hydrogens (tertiary/aromatic N) is 1. The van der Waals surface area contributed by atoms with Crippen LogP contribution in [0.4, 0.5) is 5.69 Å². The van der Waals surface area contributed by atoms with Crippen molar-refractivity contribution in [1.29, 1.82) is 0 Å². The Balaban J connectivity index is 1.68. The fourth-order valence-corrected chi connectivity index (χ4v) is 5.54. The van der Waals surface area contributed by atoms with E-state index in [4.69, 9.17) is 0 Å². The van der Waals surface area contributed by atoms with Gasteiger partial charge >= 0.3 is 0 Å². The summed E-state index contributed by atoms with van der Waals surface area (Å²) in [5.41, 5.74) is 0.705. The van der Waals surface area contributed by atoms with E-state index in [1.807, 2.05) is 0 Å². The molecule has 1 saturated heterocycles. The molecule has 1 fully saturated rings. The molecule has 2 N–H and O–H groups in total. The average Bonchev–Trinajstić information content (AvgIpc) is 3.29. The van der Waals surface area contributed by atoms with Gasteiger partial charge in [-0.3, -0.25) is 4.79 Å². The van der Waals surface area contributed by atoms with Crippen LogP contribution in [-0.4, -0.2) is 46.7 Å². The highest BCUT2D eigenvalue weighted by molar-refractivity contribution is 7.89. The van der Waals surface area contributed by atoms with Crippen LogP contribution in [0.3, 0.4) is 0 Å². The zero-order valence-corrected chi connectivity index (χ0v) is 17.9. The number of amides is 1. The van der Waals surface area contributed by atoms with Gasteiger partial charge in [-0.1, -0.05) is 6.08 Å². The van der Waals surface area contributed by atoms with E-state index in [-0.39, 0.29) is 21.9 Å². The minimum atomic E-state index is -3.66. The van der Waals surface area contributed by atoms with E-state index in [2.05, 4.69) is 16.6 Å². The van der Waals surface area contributed by atoms with Crippen molar-refractivity contribution in [2.24, 2.45) is 0 Å². The first kappa shape index (κ1) is 22.2. The molecule has 0 spiro atoms. The van der Waals surface area contributed by atoms with Crippen LogP contribution in [0.5, 0.6) is 0 Å². The van der Waals surface area contributed by atoms with Crippen LogP contribution in [-0.2, 0) is 20.0 Å². The molecule has 1 amide bonds. The van der Waals surface area contributed by atoms with Gasteiger partial charge in [0.2, 0.25) is 20.0 Å². The van der Waals surface area contributed by atoms with Gasteiger partial charge in [0, 0.05) is 30.9 Å². The van der Waals surface area contributed by atoms with Crippen LogP contribution in [0.15, 0.2) is 71.0 Å². The predicted molar refractivity (Wildman–Crippen MR) is 114 cm³/mol. The van der Waals surface area contributed by atoms with E-state index in [1.165, 1.54) is 58.9 Å². The number of rotatable bonds is 8. The summed E-state index contributed by atoms with van der Waals surface area (Å²) in [6.07, 6.45) is 3.15. The molecular weight excluding hydrogens is 426 g/mol. The van der Waals surface area contributed by atoms with Gasteiger partial charge in [0.1, 0.15) is 0 Å². The number of hydrogen-bond donors (Lipinski definition) is 2. The normalized spacial score (nSPS) is 15.1. The molecule has 0 unspecified atom stereocenters. The Hall–Kier alpha value is -2.53. The van der Waals surface area contributed by atoms with Gasteiger partial charge in [-0.25, -0.2) is 21.6 Å². The van der Waals surface area contributed by atoms with Gasteiger partial charge in [-0.15, -0.1) is 6.58 Å². The van der Waals surface area contributed by atoms with Crippen molar-refractivity contribution in [1.82, 2.24) is 9.03 Å². The SMILES string of the molecule is C=CCNS(=O)(=O)c1ccc(C(=O)Nc2ccc(S(=O)(=O)N3CCCC3)cc2)cc1. The minimum absolute atomic E-state index is 0.0392. The van der Waals surface area contributed by atoms with Gasteiger partial charge in [0.25, 0.3) is 5.91 Å². The number of carbonyl (C=O) groups is 1. The average molecular weight is 450 g/mol. The van der Waals surface area contributed by atoms with E-state index < -0.39 is 26.0 Å². The summed E-state index contributed by atoms with van der Waals surface area (Å²) in [6, 6.07) is 11.5. The van der Waals surface area contributed by atoms with Crippen LogP contribution in [0.25, 0.3) is 0 Å². The molecule has 160 valence electrons. The standard InChI is InChI=1S/C20H23N3O5S2/c1-2-13-21-29(25,26)18-9-5-16(6-10-18)20(24)22-17-7-11-19(12-8-17)30(27,28)23-14-3-4-15-23/h2,5-12,21H,1,3-4,13-15H2,(H,22,24). The van der Waals surface area contributed by atoms with E-state index >= 15 is 0 Å². The maximum atomic E-state index is 12.5. The zero-order valence-electron chi connectivity index (χ0n) is 16.2. The van der Waals surface area contributed by atoms with E-state index in [1.54, 1.807) is 0 Å². The second-order valence-corrected chi connectivity index (χ2v) is 10.5. The number of benzene rings is 2. The summed E-state index contributed by atoms with van der Waals surface area (Å²) in [6.45, 7) is 4.61. The summed E-state index contributed by atoms with van der Waals surface area (Å²) >= 11 is 0. The summed E-state index contributed by atoms with van der Waals surface area (Å²) in [5.74, 6) is -0.437. The fraction of sp³-hybridized carbons (Fsp3) is 0.250. The lowest BCUT2D eigenvalue weighted by molar-refractivity contribution is 0.102. The van der Waals surface area contributed by atoms with Crippen LogP contribution >= 0.6 is 0 Å². The molecule has 10 heteroatoms. The molecule has 2 aromatic carbocycles. The van der Waals surface area contributed by atoms with Gasteiger partial charge in [0.05, 0.1) is 9.79 Å². The highest BCUT2D eigenvalue weighted by Crippen LogP contribution is 2.22. The first-order chi connectivity index (χ1) is 14.2. The topological polar surface area (TPSA) is 113 Å². The molecule has 30 heavy (non-hydrogen) atoms. The van der Waals surface area contributed by atoms with Crippen LogP contribution < -0.4 is 10.0 Å². The third-order valence-electron chi connectivity index (χ3n) is 4.66.